The molecule has 0 saturated carbocycles. The molecule has 2 rings (SSSR count). The predicted molar refractivity (Wildman–Crippen MR) is 94.6 cm³/mol. The molecule has 3 nitrogen and oxygen atoms in total. The summed E-state index contributed by atoms with van der Waals surface area (Å²) in [5, 5.41) is 13.5. The first-order valence-electron chi connectivity index (χ1n) is 7.97. The smallest absolute Gasteiger partial charge is 0.102 e. The fourth-order valence-electron chi connectivity index (χ4n) is 2.77. The average molecular weight is 321 g/mol. The standard InChI is InChI=1S/C18H27NO2S/c1-13(2)19(14(3)4)8-9-21-12-17(20)15-5-6-18-16(11-15)7-10-22-18/h5-7,10-11,13-14,17,20H,8-9,12H2,1-4H3. The summed E-state index contributed by atoms with van der Waals surface area (Å²) in [6.45, 7) is 10.7. The molecule has 0 aliphatic rings. The zero-order valence-electron chi connectivity index (χ0n) is 14.0. The molecule has 1 aromatic carbocycles. The molecule has 0 radical (unpaired) electrons. The van der Waals surface area contributed by atoms with Crippen LogP contribution in [-0.4, -0.2) is 41.8 Å². The van der Waals surface area contributed by atoms with Gasteiger partial charge in [0.1, 0.15) is 6.10 Å². The van der Waals surface area contributed by atoms with Crippen molar-refractivity contribution < 1.29 is 9.84 Å². The first-order chi connectivity index (χ1) is 10.5. The van der Waals surface area contributed by atoms with Crippen molar-refractivity contribution in [1.29, 1.82) is 0 Å². The SMILES string of the molecule is CC(C)N(CCOCC(O)c1ccc2sccc2c1)C(C)C. The van der Waals surface area contributed by atoms with Crippen molar-refractivity contribution in [2.24, 2.45) is 0 Å². The molecule has 2 aromatic rings. The van der Waals surface area contributed by atoms with Crippen LogP contribution in [0.5, 0.6) is 0 Å². The van der Waals surface area contributed by atoms with Gasteiger partial charge in [0, 0.05) is 23.3 Å². The maximum Gasteiger partial charge on any atom is 0.102 e. The first kappa shape index (κ1) is 17.4. The number of thiophene rings is 1. The Kier molecular flexibility index (Phi) is 6.38. The van der Waals surface area contributed by atoms with Gasteiger partial charge in [0.2, 0.25) is 0 Å². The number of rotatable bonds is 8. The Morgan fingerprint density at radius 2 is 1.86 bits per heavy atom. The van der Waals surface area contributed by atoms with Crippen molar-refractivity contribution >= 4 is 21.4 Å². The van der Waals surface area contributed by atoms with Gasteiger partial charge in [-0.15, -0.1) is 11.3 Å². The molecule has 4 heteroatoms. The number of fused-ring (bicyclic) bond motifs is 1. The van der Waals surface area contributed by atoms with Gasteiger partial charge in [-0.25, -0.2) is 0 Å². The zero-order chi connectivity index (χ0) is 16.1. The van der Waals surface area contributed by atoms with Gasteiger partial charge in [0.15, 0.2) is 0 Å². The Bertz CT molecular complexity index is 571. The van der Waals surface area contributed by atoms with Crippen molar-refractivity contribution in [3.8, 4) is 0 Å². The highest BCUT2D eigenvalue weighted by molar-refractivity contribution is 7.17. The fraction of sp³-hybridized carbons (Fsp3) is 0.556. The van der Waals surface area contributed by atoms with Crippen LogP contribution in [-0.2, 0) is 4.74 Å². The molecule has 0 saturated heterocycles. The number of hydrogen-bond donors (Lipinski definition) is 1. The van der Waals surface area contributed by atoms with Gasteiger partial charge in [-0.1, -0.05) is 6.07 Å². The minimum absolute atomic E-state index is 0.347. The van der Waals surface area contributed by atoms with E-state index in [-0.39, 0.29) is 0 Å². The number of aliphatic hydroxyl groups is 1. The summed E-state index contributed by atoms with van der Waals surface area (Å²) in [7, 11) is 0. The largest absolute Gasteiger partial charge is 0.386 e. The van der Waals surface area contributed by atoms with E-state index in [0.717, 1.165) is 12.1 Å². The van der Waals surface area contributed by atoms with Crippen LogP contribution in [0.3, 0.4) is 0 Å². The molecule has 0 aliphatic carbocycles. The summed E-state index contributed by atoms with van der Waals surface area (Å²) in [5.41, 5.74) is 0.926. The summed E-state index contributed by atoms with van der Waals surface area (Å²) in [6, 6.07) is 9.21. The van der Waals surface area contributed by atoms with Crippen LogP contribution in [0, 0.1) is 0 Å². The van der Waals surface area contributed by atoms with Crippen LogP contribution in [0.25, 0.3) is 10.1 Å². The third-order valence-electron chi connectivity index (χ3n) is 3.96. The van der Waals surface area contributed by atoms with Gasteiger partial charge in [-0.3, -0.25) is 4.90 Å². The fourth-order valence-corrected chi connectivity index (χ4v) is 3.54. The molecule has 1 unspecified atom stereocenters. The Labute approximate surface area is 137 Å². The van der Waals surface area contributed by atoms with Crippen molar-refractivity contribution in [3.63, 3.8) is 0 Å². The molecule has 0 fully saturated rings. The third kappa shape index (κ3) is 4.53. The lowest BCUT2D eigenvalue weighted by molar-refractivity contribution is 0.0187. The van der Waals surface area contributed by atoms with E-state index < -0.39 is 6.10 Å². The average Bonchev–Trinajstić information content (AvgIpc) is 2.93. The Morgan fingerprint density at radius 3 is 2.55 bits per heavy atom. The molecule has 1 aromatic heterocycles. The molecular weight excluding hydrogens is 294 g/mol. The highest BCUT2D eigenvalue weighted by atomic mass is 32.1. The second-order valence-electron chi connectivity index (χ2n) is 6.23. The topological polar surface area (TPSA) is 32.7 Å². The molecule has 122 valence electrons. The minimum Gasteiger partial charge on any atom is -0.386 e. The Hall–Kier alpha value is -0.940. The number of hydrogen-bond acceptors (Lipinski definition) is 4. The maximum atomic E-state index is 10.3. The quantitative estimate of drug-likeness (QED) is 0.744. The van der Waals surface area contributed by atoms with Crippen LogP contribution < -0.4 is 0 Å². The highest BCUT2D eigenvalue weighted by Gasteiger charge is 2.13. The van der Waals surface area contributed by atoms with E-state index in [1.165, 1.54) is 10.1 Å². The molecule has 1 N–H and O–H groups in total. The molecule has 0 amide bonds. The van der Waals surface area contributed by atoms with Gasteiger partial charge >= 0.3 is 0 Å². The number of aliphatic hydroxyl groups excluding tert-OH is 1. The van der Waals surface area contributed by atoms with E-state index in [0.29, 0.717) is 25.3 Å². The zero-order valence-corrected chi connectivity index (χ0v) is 14.8. The minimum atomic E-state index is -0.559. The van der Waals surface area contributed by atoms with E-state index in [1.54, 1.807) is 11.3 Å². The van der Waals surface area contributed by atoms with E-state index in [4.69, 9.17) is 4.74 Å². The van der Waals surface area contributed by atoms with E-state index >= 15 is 0 Å². The van der Waals surface area contributed by atoms with Crippen LogP contribution in [0.15, 0.2) is 29.6 Å². The molecule has 0 bridgehead atoms. The lowest BCUT2D eigenvalue weighted by Crippen LogP contribution is -2.39. The van der Waals surface area contributed by atoms with Crippen LogP contribution in [0.1, 0.15) is 39.4 Å². The molecule has 0 spiro atoms. The highest BCUT2D eigenvalue weighted by Crippen LogP contribution is 2.24. The van der Waals surface area contributed by atoms with Gasteiger partial charge < -0.3 is 9.84 Å². The summed E-state index contributed by atoms with van der Waals surface area (Å²) in [4.78, 5) is 2.39. The van der Waals surface area contributed by atoms with E-state index in [2.05, 4.69) is 50.1 Å². The van der Waals surface area contributed by atoms with E-state index in [1.807, 2.05) is 12.1 Å². The third-order valence-corrected chi connectivity index (χ3v) is 4.86. The van der Waals surface area contributed by atoms with E-state index in [9.17, 15) is 5.11 Å². The van der Waals surface area contributed by atoms with Crippen molar-refractivity contribution in [3.05, 3.63) is 35.2 Å². The van der Waals surface area contributed by atoms with Gasteiger partial charge in [-0.2, -0.15) is 0 Å². The molecular formula is C18H27NO2S. The summed E-state index contributed by atoms with van der Waals surface area (Å²) in [5.74, 6) is 0. The second kappa shape index (κ2) is 8.06. The maximum absolute atomic E-state index is 10.3. The number of nitrogens with zero attached hydrogens (tertiary/aromatic N) is 1. The number of ether oxygens (including phenoxy) is 1. The normalized spacial score (nSPS) is 13.6. The number of benzene rings is 1. The van der Waals surface area contributed by atoms with Gasteiger partial charge in [0.25, 0.3) is 0 Å². The molecule has 22 heavy (non-hydrogen) atoms. The molecule has 1 atom stereocenters. The van der Waals surface area contributed by atoms with Crippen molar-refractivity contribution in [2.45, 2.75) is 45.9 Å². The Morgan fingerprint density at radius 1 is 1.14 bits per heavy atom. The van der Waals surface area contributed by atoms with Gasteiger partial charge in [0.05, 0.1) is 13.2 Å². The van der Waals surface area contributed by atoms with Crippen molar-refractivity contribution in [1.82, 2.24) is 4.90 Å². The van der Waals surface area contributed by atoms with Crippen LogP contribution >= 0.6 is 11.3 Å². The summed E-state index contributed by atoms with van der Waals surface area (Å²) in [6.07, 6.45) is -0.559. The summed E-state index contributed by atoms with van der Waals surface area (Å²) >= 11 is 1.72. The summed E-state index contributed by atoms with van der Waals surface area (Å²) < 4.78 is 6.94. The predicted octanol–water partition coefficient (Wildman–Crippen LogP) is 4.07. The monoisotopic (exact) mass is 321 g/mol. The van der Waals surface area contributed by atoms with Crippen LogP contribution in [0.2, 0.25) is 0 Å². The van der Waals surface area contributed by atoms with Crippen LogP contribution in [0.4, 0.5) is 0 Å². The van der Waals surface area contributed by atoms with Crippen molar-refractivity contribution in [2.75, 3.05) is 19.8 Å². The molecule has 0 aliphatic heterocycles. The Balaban J connectivity index is 1.81. The van der Waals surface area contributed by atoms with Gasteiger partial charge in [-0.05, 0) is 62.2 Å². The lowest BCUT2D eigenvalue weighted by Gasteiger charge is -2.30. The lowest BCUT2D eigenvalue weighted by atomic mass is 10.1. The molecule has 1 heterocycles. The second-order valence-corrected chi connectivity index (χ2v) is 7.18. The first-order valence-corrected chi connectivity index (χ1v) is 8.85.